The summed E-state index contributed by atoms with van der Waals surface area (Å²) in [4.78, 5) is 11.7. The van der Waals surface area contributed by atoms with Gasteiger partial charge < -0.3 is 0 Å². The van der Waals surface area contributed by atoms with Crippen LogP contribution in [0, 0.1) is 0 Å². The molecule has 2 aromatic rings. The molecule has 0 aromatic heterocycles. The lowest BCUT2D eigenvalue weighted by Crippen LogP contribution is -2.17. The van der Waals surface area contributed by atoms with Crippen LogP contribution in [0.2, 0.25) is 5.02 Å². The molecule has 0 aliphatic rings. The highest BCUT2D eigenvalue weighted by molar-refractivity contribution is 6.30. The third-order valence-electron chi connectivity index (χ3n) is 2.70. The molecule has 22 heavy (non-hydrogen) atoms. The van der Waals surface area contributed by atoms with Crippen LogP contribution in [0.5, 0.6) is 0 Å². The van der Waals surface area contributed by atoms with Gasteiger partial charge in [-0.2, -0.15) is 18.3 Å². The van der Waals surface area contributed by atoms with Crippen molar-refractivity contribution in [2.24, 2.45) is 5.10 Å². The number of hydrazone groups is 1. The van der Waals surface area contributed by atoms with Crippen molar-refractivity contribution in [1.29, 1.82) is 0 Å². The van der Waals surface area contributed by atoms with Gasteiger partial charge >= 0.3 is 6.18 Å². The molecule has 0 radical (unpaired) electrons. The minimum atomic E-state index is -4.42. The zero-order chi connectivity index (χ0) is 16.2. The summed E-state index contributed by atoms with van der Waals surface area (Å²) in [6.45, 7) is 0. The second-order valence-electron chi connectivity index (χ2n) is 4.33. The number of benzene rings is 2. The van der Waals surface area contributed by atoms with Gasteiger partial charge in [-0.15, -0.1) is 0 Å². The minimum absolute atomic E-state index is 0.228. The summed E-state index contributed by atoms with van der Waals surface area (Å²) in [5.74, 6) is -0.486. The van der Waals surface area contributed by atoms with Crippen LogP contribution in [-0.2, 0) is 6.18 Å². The molecule has 0 atom stereocenters. The molecule has 0 aliphatic carbocycles. The van der Waals surface area contributed by atoms with Crippen molar-refractivity contribution in [3.8, 4) is 0 Å². The van der Waals surface area contributed by atoms with Gasteiger partial charge in [0, 0.05) is 10.6 Å². The fourth-order valence-corrected chi connectivity index (χ4v) is 1.75. The van der Waals surface area contributed by atoms with Crippen LogP contribution in [0.1, 0.15) is 21.5 Å². The van der Waals surface area contributed by atoms with Crippen LogP contribution >= 0.6 is 11.6 Å². The van der Waals surface area contributed by atoms with Gasteiger partial charge in [-0.1, -0.05) is 23.7 Å². The smallest absolute Gasteiger partial charge is 0.267 e. The average Bonchev–Trinajstić information content (AvgIpc) is 2.47. The van der Waals surface area contributed by atoms with Gasteiger partial charge in [0.25, 0.3) is 5.91 Å². The Hall–Kier alpha value is -2.34. The first-order valence-corrected chi connectivity index (χ1v) is 6.50. The number of hydrogen-bond acceptors (Lipinski definition) is 2. The van der Waals surface area contributed by atoms with Crippen LogP contribution in [0.25, 0.3) is 0 Å². The first-order valence-electron chi connectivity index (χ1n) is 6.12. The highest BCUT2D eigenvalue weighted by Crippen LogP contribution is 2.29. The molecule has 0 fully saturated rings. The van der Waals surface area contributed by atoms with Gasteiger partial charge in [0.1, 0.15) is 0 Å². The number of halogens is 4. The van der Waals surface area contributed by atoms with Gasteiger partial charge in [0.15, 0.2) is 0 Å². The SMILES string of the molecule is O=C(N/N=C/c1cccc(C(F)(F)F)c1)c1ccc(Cl)cc1. The summed E-state index contributed by atoms with van der Waals surface area (Å²) >= 11 is 5.70. The third-order valence-corrected chi connectivity index (χ3v) is 2.95. The van der Waals surface area contributed by atoms with Gasteiger partial charge in [0.05, 0.1) is 11.8 Å². The molecule has 0 saturated heterocycles. The van der Waals surface area contributed by atoms with Gasteiger partial charge in [-0.3, -0.25) is 4.79 Å². The van der Waals surface area contributed by atoms with Crippen LogP contribution < -0.4 is 5.43 Å². The van der Waals surface area contributed by atoms with Crippen molar-refractivity contribution in [3.05, 3.63) is 70.2 Å². The summed E-state index contributed by atoms with van der Waals surface area (Å²) in [6.07, 6.45) is -3.28. The maximum atomic E-state index is 12.5. The van der Waals surface area contributed by atoms with Gasteiger partial charge in [0.2, 0.25) is 0 Å². The Morgan fingerprint density at radius 2 is 1.82 bits per heavy atom. The Balaban J connectivity index is 2.03. The Labute approximate surface area is 129 Å². The Kier molecular flexibility index (Phi) is 4.82. The largest absolute Gasteiger partial charge is 0.416 e. The Morgan fingerprint density at radius 3 is 2.45 bits per heavy atom. The second kappa shape index (κ2) is 6.62. The molecule has 0 saturated carbocycles. The van der Waals surface area contributed by atoms with E-state index < -0.39 is 17.6 Å². The van der Waals surface area contributed by atoms with Crippen LogP contribution in [-0.4, -0.2) is 12.1 Å². The molecule has 0 unspecified atom stereocenters. The molecular formula is C15H10ClF3N2O. The first kappa shape index (κ1) is 16.0. The van der Waals surface area contributed by atoms with Gasteiger partial charge in [-0.25, -0.2) is 5.43 Å². The van der Waals surface area contributed by atoms with E-state index in [9.17, 15) is 18.0 Å². The predicted octanol–water partition coefficient (Wildman–Crippen LogP) is 4.12. The summed E-state index contributed by atoms with van der Waals surface area (Å²) in [5, 5.41) is 4.13. The van der Waals surface area contributed by atoms with E-state index in [0.717, 1.165) is 18.3 Å². The van der Waals surface area contributed by atoms with Crippen molar-refractivity contribution in [1.82, 2.24) is 5.43 Å². The molecule has 7 heteroatoms. The van der Waals surface area contributed by atoms with Gasteiger partial charge in [-0.05, 0) is 42.0 Å². The zero-order valence-electron chi connectivity index (χ0n) is 11.1. The number of hydrogen-bond donors (Lipinski definition) is 1. The van der Waals surface area contributed by atoms with Crippen molar-refractivity contribution < 1.29 is 18.0 Å². The van der Waals surface area contributed by atoms with Crippen molar-refractivity contribution in [2.45, 2.75) is 6.18 Å². The standard InChI is InChI=1S/C15H10ClF3N2O/c16-13-6-4-11(5-7-13)14(22)21-20-9-10-2-1-3-12(8-10)15(17,18)19/h1-9H,(H,21,22)/b20-9+. The highest BCUT2D eigenvalue weighted by atomic mass is 35.5. The maximum absolute atomic E-state index is 12.5. The van der Waals surface area contributed by atoms with E-state index in [1.807, 2.05) is 0 Å². The molecular weight excluding hydrogens is 317 g/mol. The summed E-state index contributed by atoms with van der Waals surface area (Å²) in [5.41, 5.74) is 2.02. The number of carbonyl (C=O) groups excluding carboxylic acids is 1. The van der Waals surface area contributed by atoms with Crippen LogP contribution in [0.4, 0.5) is 13.2 Å². The molecule has 1 amide bonds. The molecule has 1 N–H and O–H groups in total. The lowest BCUT2D eigenvalue weighted by atomic mass is 10.1. The molecule has 3 nitrogen and oxygen atoms in total. The predicted molar refractivity (Wildman–Crippen MR) is 78.0 cm³/mol. The number of amides is 1. The summed E-state index contributed by atoms with van der Waals surface area (Å²) in [6, 6.07) is 10.7. The van der Waals surface area contributed by atoms with Crippen molar-refractivity contribution in [3.63, 3.8) is 0 Å². The summed E-state index contributed by atoms with van der Waals surface area (Å²) < 4.78 is 37.6. The van der Waals surface area contributed by atoms with E-state index in [2.05, 4.69) is 10.5 Å². The number of rotatable bonds is 3. The molecule has 2 aromatic carbocycles. The van der Waals surface area contributed by atoms with E-state index in [4.69, 9.17) is 11.6 Å². The molecule has 0 aliphatic heterocycles. The first-order chi connectivity index (χ1) is 10.4. The lowest BCUT2D eigenvalue weighted by Gasteiger charge is -2.06. The molecule has 114 valence electrons. The monoisotopic (exact) mass is 326 g/mol. The normalized spacial score (nSPS) is 11.6. The topological polar surface area (TPSA) is 41.5 Å². The fraction of sp³-hybridized carbons (Fsp3) is 0.0667. The van der Waals surface area contributed by atoms with Crippen LogP contribution in [0.15, 0.2) is 53.6 Å². The number of carbonyl (C=O) groups is 1. The van der Waals surface area contributed by atoms with E-state index in [0.29, 0.717) is 10.6 Å². The Bertz CT molecular complexity index is 697. The maximum Gasteiger partial charge on any atom is 0.416 e. The number of nitrogens with one attached hydrogen (secondary N) is 1. The average molecular weight is 327 g/mol. The van der Waals surface area contributed by atoms with Crippen molar-refractivity contribution >= 4 is 23.7 Å². The molecule has 2 rings (SSSR count). The zero-order valence-corrected chi connectivity index (χ0v) is 11.8. The molecule has 0 bridgehead atoms. The molecule has 0 heterocycles. The highest BCUT2D eigenvalue weighted by Gasteiger charge is 2.30. The number of nitrogens with zero attached hydrogens (tertiary/aromatic N) is 1. The molecule has 0 spiro atoms. The summed E-state index contributed by atoms with van der Waals surface area (Å²) in [7, 11) is 0. The number of alkyl halides is 3. The quantitative estimate of drug-likeness (QED) is 0.669. The van der Waals surface area contributed by atoms with E-state index in [1.54, 1.807) is 12.1 Å². The fourth-order valence-electron chi connectivity index (χ4n) is 1.63. The van der Waals surface area contributed by atoms with Crippen LogP contribution in [0.3, 0.4) is 0 Å². The van der Waals surface area contributed by atoms with Crippen molar-refractivity contribution in [2.75, 3.05) is 0 Å². The van der Waals surface area contributed by atoms with E-state index in [-0.39, 0.29) is 5.56 Å². The van der Waals surface area contributed by atoms with E-state index >= 15 is 0 Å². The van der Waals surface area contributed by atoms with E-state index in [1.165, 1.54) is 24.3 Å². The third kappa shape index (κ3) is 4.33. The second-order valence-corrected chi connectivity index (χ2v) is 4.77. The minimum Gasteiger partial charge on any atom is -0.267 e. The Morgan fingerprint density at radius 1 is 1.14 bits per heavy atom. The lowest BCUT2D eigenvalue weighted by molar-refractivity contribution is -0.137.